The maximum absolute atomic E-state index is 12.3. The molecule has 32 heavy (non-hydrogen) atoms. The fraction of sp³-hybridized carbons (Fsp3) is 0.292. The largest absolute Gasteiger partial charge is 0.370 e. The molecular formula is C24H30ClN5O2. The van der Waals surface area contributed by atoms with Crippen molar-refractivity contribution in [1.29, 1.82) is 0 Å². The third kappa shape index (κ3) is 8.91. The van der Waals surface area contributed by atoms with Gasteiger partial charge in [0.15, 0.2) is 0 Å². The standard InChI is InChI=1S/C21H23ClN4O.C3H7NO/c22-17-7-4-8-20(12-17)26-14-18(24-15-26)9-10-21(27)25-19(13-23)11-16-5-2-1-3-6-16;1-2-3(4)5/h1-8,12,14-15,19H,9-11,13,23H2,(H,25,27);2H2,1H3,(H2,4,5). The van der Waals surface area contributed by atoms with E-state index in [0.717, 1.165) is 23.4 Å². The van der Waals surface area contributed by atoms with Crippen LogP contribution in [0.15, 0.2) is 67.1 Å². The van der Waals surface area contributed by atoms with Crippen molar-refractivity contribution in [2.45, 2.75) is 38.6 Å². The van der Waals surface area contributed by atoms with E-state index >= 15 is 0 Å². The highest BCUT2D eigenvalue weighted by Crippen LogP contribution is 2.15. The Morgan fingerprint density at radius 1 is 1.16 bits per heavy atom. The summed E-state index contributed by atoms with van der Waals surface area (Å²) in [6.45, 7) is 2.13. The van der Waals surface area contributed by atoms with Gasteiger partial charge in [-0.1, -0.05) is 54.9 Å². The monoisotopic (exact) mass is 455 g/mol. The van der Waals surface area contributed by atoms with E-state index in [0.29, 0.717) is 30.8 Å². The minimum absolute atomic E-state index is 0.0151. The van der Waals surface area contributed by atoms with Crippen LogP contribution in [0.4, 0.5) is 0 Å². The van der Waals surface area contributed by atoms with Crippen LogP contribution < -0.4 is 16.8 Å². The Balaban J connectivity index is 0.000000654. The fourth-order valence-electron chi connectivity index (χ4n) is 2.90. The maximum atomic E-state index is 12.3. The van der Waals surface area contributed by atoms with Crippen molar-refractivity contribution in [3.63, 3.8) is 0 Å². The van der Waals surface area contributed by atoms with Crippen LogP contribution in [-0.2, 0) is 22.4 Å². The SMILES string of the molecule is CCC(N)=O.NCC(Cc1ccccc1)NC(=O)CCc1cn(-c2cccc(Cl)c2)cn1. The van der Waals surface area contributed by atoms with Gasteiger partial charge < -0.3 is 21.4 Å². The van der Waals surface area contributed by atoms with E-state index in [1.807, 2.05) is 65.4 Å². The molecule has 8 heteroatoms. The molecule has 0 saturated carbocycles. The lowest BCUT2D eigenvalue weighted by molar-refractivity contribution is -0.121. The Kier molecular flexibility index (Phi) is 10.4. The molecule has 3 aromatic rings. The van der Waals surface area contributed by atoms with Gasteiger partial charge in [-0.2, -0.15) is 0 Å². The lowest BCUT2D eigenvalue weighted by Crippen LogP contribution is -2.41. The predicted octanol–water partition coefficient (Wildman–Crippen LogP) is 3.03. The molecule has 2 aromatic carbocycles. The zero-order valence-electron chi connectivity index (χ0n) is 18.2. The summed E-state index contributed by atoms with van der Waals surface area (Å²) in [5.41, 5.74) is 13.4. The van der Waals surface area contributed by atoms with Crippen molar-refractivity contribution in [2.75, 3.05) is 6.54 Å². The number of benzene rings is 2. The summed E-state index contributed by atoms with van der Waals surface area (Å²) in [5.74, 6) is -0.260. The smallest absolute Gasteiger partial charge is 0.220 e. The number of amides is 2. The van der Waals surface area contributed by atoms with E-state index in [1.54, 1.807) is 13.3 Å². The van der Waals surface area contributed by atoms with Crippen molar-refractivity contribution in [3.05, 3.63) is 83.4 Å². The zero-order valence-corrected chi connectivity index (χ0v) is 19.0. The van der Waals surface area contributed by atoms with E-state index in [2.05, 4.69) is 16.0 Å². The number of rotatable bonds is 9. The van der Waals surface area contributed by atoms with Gasteiger partial charge in [0.05, 0.1) is 12.0 Å². The van der Waals surface area contributed by atoms with Crippen molar-refractivity contribution < 1.29 is 9.59 Å². The summed E-state index contributed by atoms with van der Waals surface area (Å²) in [6.07, 6.45) is 5.77. The first kappa shape index (κ1) is 25.1. The van der Waals surface area contributed by atoms with E-state index in [-0.39, 0.29) is 17.9 Å². The van der Waals surface area contributed by atoms with Gasteiger partial charge in [0, 0.05) is 42.3 Å². The molecule has 0 saturated heterocycles. The first-order chi connectivity index (χ1) is 15.4. The Bertz CT molecular complexity index is 991. The summed E-state index contributed by atoms with van der Waals surface area (Å²) in [7, 11) is 0. The van der Waals surface area contributed by atoms with Crippen LogP contribution in [0.1, 0.15) is 31.0 Å². The number of hydrogen-bond acceptors (Lipinski definition) is 4. The second-order valence-electron chi connectivity index (χ2n) is 7.26. The highest BCUT2D eigenvalue weighted by molar-refractivity contribution is 6.30. The van der Waals surface area contributed by atoms with Gasteiger partial charge in [0.1, 0.15) is 0 Å². The third-order valence-corrected chi connectivity index (χ3v) is 4.91. The molecule has 0 aliphatic carbocycles. The van der Waals surface area contributed by atoms with Crippen LogP contribution in [0.5, 0.6) is 0 Å². The van der Waals surface area contributed by atoms with Gasteiger partial charge in [-0.15, -0.1) is 0 Å². The molecule has 1 atom stereocenters. The minimum Gasteiger partial charge on any atom is -0.370 e. The van der Waals surface area contributed by atoms with Crippen LogP contribution in [0.25, 0.3) is 5.69 Å². The number of nitrogens with zero attached hydrogens (tertiary/aromatic N) is 2. The molecule has 1 unspecified atom stereocenters. The Hall–Kier alpha value is -3.16. The second-order valence-corrected chi connectivity index (χ2v) is 7.70. The highest BCUT2D eigenvalue weighted by atomic mass is 35.5. The van der Waals surface area contributed by atoms with Crippen LogP contribution >= 0.6 is 11.6 Å². The number of nitrogens with two attached hydrogens (primary N) is 2. The number of halogens is 1. The van der Waals surface area contributed by atoms with Gasteiger partial charge in [-0.05, 0) is 36.6 Å². The molecular weight excluding hydrogens is 426 g/mol. The summed E-state index contributed by atoms with van der Waals surface area (Å²) in [6, 6.07) is 17.5. The van der Waals surface area contributed by atoms with E-state index in [9.17, 15) is 9.59 Å². The van der Waals surface area contributed by atoms with Gasteiger partial charge in [0.2, 0.25) is 11.8 Å². The molecule has 170 valence electrons. The van der Waals surface area contributed by atoms with Gasteiger partial charge in [0.25, 0.3) is 0 Å². The molecule has 0 aliphatic rings. The maximum Gasteiger partial charge on any atom is 0.220 e. The first-order valence-corrected chi connectivity index (χ1v) is 10.9. The minimum atomic E-state index is -0.245. The molecule has 3 rings (SSSR count). The topological polar surface area (TPSA) is 116 Å². The lowest BCUT2D eigenvalue weighted by Gasteiger charge is -2.16. The molecule has 1 aromatic heterocycles. The molecule has 1 heterocycles. The molecule has 7 nitrogen and oxygen atoms in total. The average Bonchev–Trinajstić information content (AvgIpc) is 3.27. The zero-order chi connectivity index (χ0) is 23.3. The van der Waals surface area contributed by atoms with E-state index in [4.69, 9.17) is 17.3 Å². The molecule has 0 spiro atoms. The highest BCUT2D eigenvalue weighted by Gasteiger charge is 2.12. The number of carbonyl (C=O) groups excluding carboxylic acids is 2. The number of primary amides is 1. The quantitative estimate of drug-likeness (QED) is 0.459. The van der Waals surface area contributed by atoms with Gasteiger partial charge in [-0.3, -0.25) is 9.59 Å². The van der Waals surface area contributed by atoms with Gasteiger partial charge in [-0.25, -0.2) is 4.98 Å². The predicted molar refractivity (Wildman–Crippen MR) is 128 cm³/mol. The normalized spacial score (nSPS) is 11.2. The number of carbonyl (C=O) groups is 2. The lowest BCUT2D eigenvalue weighted by atomic mass is 10.1. The number of nitrogens with one attached hydrogen (secondary N) is 1. The molecule has 0 aliphatic heterocycles. The summed E-state index contributed by atoms with van der Waals surface area (Å²) >= 11 is 6.03. The van der Waals surface area contributed by atoms with Crippen molar-refractivity contribution in [1.82, 2.24) is 14.9 Å². The van der Waals surface area contributed by atoms with Crippen LogP contribution in [0.3, 0.4) is 0 Å². The van der Waals surface area contributed by atoms with Crippen LogP contribution in [-0.4, -0.2) is 34.0 Å². The fourth-order valence-corrected chi connectivity index (χ4v) is 3.09. The molecule has 0 bridgehead atoms. The van der Waals surface area contributed by atoms with E-state index in [1.165, 1.54) is 0 Å². The van der Waals surface area contributed by atoms with Crippen molar-refractivity contribution in [3.8, 4) is 5.69 Å². The Morgan fingerprint density at radius 3 is 2.50 bits per heavy atom. The Labute approximate surface area is 193 Å². The summed E-state index contributed by atoms with van der Waals surface area (Å²) in [4.78, 5) is 26.2. The summed E-state index contributed by atoms with van der Waals surface area (Å²) < 4.78 is 1.90. The number of aryl methyl sites for hydroxylation is 1. The molecule has 0 radical (unpaired) electrons. The van der Waals surface area contributed by atoms with Crippen LogP contribution in [0, 0.1) is 0 Å². The Morgan fingerprint density at radius 2 is 1.88 bits per heavy atom. The second kappa shape index (κ2) is 13.3. The first-order valence-electron chi connectivity index (χ1n) is 10.5. The number of aromatic nitrogens is 2. The summed E-state index contributed by atoms with van der Waals surface area (Å²) in [5, 5.41) is 3.69. The van der Waals surface area contributed by atoms with Crippen molar-refractivity contribution in [2.24, 2.45) is 11.5 Å². The average molecular weight is 456 g/mol. The number of imidazole rings is 1. The van der Waals surface area contributed by atoms with Crippen LogP contribution in [0.2, 0.25) is 5.02 Å². The third-order valence-electron chi connectivity index (χ3n) is 4.67. The van der Waals surface area contributed by atoms with Crippen molar-refractivity contribution >= 4 is 23.4 Å². The molecule has 5 N–H and O–H groups in total. The molecule has 0 fully saturated rings. The van der Waals surface area contributed by atoms with E-state index < -0.39 is 0 Å². The van der Waals surface area contributed by atoms with Gasteiger partial charge >= 0.3 is 0 Å². The number of hydrogen-bond donors (Lipinski definition) is 3. The molecule has 2 amide bonds.